The van der Waals surface area contributed by atoms with Gasteiger partial charge in [-0.05, 0) is 18.4 Å². The van der Waals surface area contributed by atoms with Gasteiger partial charge in [0.2, 0.25) is 0 Å². The molecule has 8 heteroatoms. The lowest BCUT2D eigenvalue weighted by Crippen LogP contribution is -2.52. The highest BCUT2D eigenvalue weighted by atomic mass is 16.4. The Bertz CT molecular complexity index is 629. The zero-order valence-corrected chi connectivity index (χ0v) is 15.2. The molecule has 26 heavy (non-hydrogen) atoms. The van der Waals surface area contributed by atoms with Crippen molar-refractivity contribution in [3.8, 4) is 0 Å². The molecule has 144 valence electrons. The zero-order chi connectivity index (χ0) is 19.9. The van der Waals surface area contributed by atoms with Crippen molar-refractivity contribution in [2.75, 3.05) is 13.1 Å². The lowest BCUT2D eigenvalue weighted by Gasteiger charge is -2.27. The molecule has 1 aromatic rings. The number of urea groups is 1. The molecule has 0 fully saturated rings. The van der Waals surface area contributed by atoms with E-state index in [0.717, 1.165) is 16.0 Å². The van der Waals surface area contributed by atoms with Crippen LogP contribution in [0.1, 0.15) is 25.0 Å². The molecule has 0 aromatic heterocycles. The minimum Gasteiger partial charge on any atom is -0.480 e. The van der Waals surface area contributed by atoms with Gasteiger partial charge in [-0.2, -0.15) is 0 Å². The fraction of sp³-hybridized carbons (Fsp3) is 0.500. The van der Waals surface area contributed by atoms with E-state index in [1.54, 1.807) is 12.1 Å². The summed E-state index contributed by atoms with van der Waals surface area (Å²) < 4.78 is 0. The molecule has 4 N–H and O–H groups in total. The summed E-state index contributed by atoms with van der Waals surface area (Å²) in [6.45, 7) is 5.34. The topological polar surface area (TPSA) is 127 Å². The molecular weight excluding hydrogens is 340 g/mol. The number of hydrogen-bond acceptors (Lipinski definition) is 4. The van der Waals surface area contributed by atoms with Crippen LogP contribution in [0.4, 0.5) is 4.79 Å². The van der Waals surface area contributed by atoms with Crippen molar-refractivity contribution < 1.29 is 29.7 Å². The molecular formula is C18H26N2O6. The lowest BCUT2D eigenvalue weighted by atomic mass is 10.0. The van der Waals surface area contributed by atoms with Crippen LogP contribution in [0, 0.1) is 12.8 Å². The van der Waals surface area contributed by atoms with Crippen molar-refractivity contribution in [3.63, 3.8) is 0 Å². The average Bonchev–Trinajstić information content (AvgIpc) is 2.54. The molecule has 2 amide bonds. The summed E-state index contributed by atoms with van der Waals surface area (Å²) in [5.74, 6) is -2.62. The fourth-order valence-corrected chi connectivity index (χ4v) is 2.37. The van der Waals surface area contributed by atoms with E-state index in [-0.39, 0.29) is 18.9 Å². The number of amides is 2. The maximum absolute atomic E-state index is 12.4. The molecule has 0 heterocycles. The van der Waals surface area contributed by atoms with Gasteiger partial charge in [0, 0.05) is 13.0 Å². The standard InChI is InChI=1S/C18H26N2O6/c1-11(2)9-20(10-15(21)17(24)25)18(26)19-14(16(22)23)8-13-6-4-12(3)5-7-13/h4-7,11,14-15,21H,8-10H2,1-3H3,(H,19,26)(H,22,23)(H,24,25)/t14-,15-/m0/s1. The Morgan fingerprint density at radius 1 is 1.04 bits per heavy atom. The summed E-state index contributed by atoms with van der Waals surface area (Å²) >= 11 is 0. The van der Waals surface area contributed by atoms with Crippen LogP contribution in [0.15, 0.2) is 24.3 Å². The van der Waals surface area contributed by atoms with Gasteiger partial charge in [-0.1, -0.05) is 43.7 Å². The number of nitrogens with zero attached hydrogens (tertiary/aromatic N) is 1. The fourth-order valence-electron chi connectivity index (χ4n) is 2.37. The van der Waals surface area contributed by atoms with Gasteiger partial charge in [0.1, 0.15) is 6.04 Å². The summed E-state index contributed by atoms with van der Waals surface area (Å²) in [5.41, 5.74) is 1.79. The third kappa shape index (κ3) is 7.10. The molecule has 0 saturated heterocycles. The number of benzene rings is 1. The molecule has 1 rings (SSSR count). The Balaban J connectivity index is 2.85. The summed E-state index contributed by atoms with van der Waals surface area (Å²) in [5, 5.41) is 30.2. The first kappa shape index (κ1) is 21.4. The smallest absolute Gasteiger partial charge is 0.334 e. The van der Waals surface area contributed by atoms with E-state index >= 15 is 0 Å². The highest BCUT2D eigenvalue weighted by Gasteiger charge is 2.27. The summed E-state index contributed by atoms with van der Waals surface area (Å²) in [6.07, 6.45) is -1.64. The van der Waals surface area contributed by atoms with E-state index < -0.39 is 36.7 Å². The second-order valence-corrected chi connectivity index (χ2v) is 6.68. The van der Waals surface area contributed by atoms with Gasteiger partial charge in [-0.25, -0.2) is 14.4 Å². The molecule has 8 nitrogen and oxygen atoms in total. The van der Waals surface area contributed by atoms with Crippen LogP contribution in [-0.2, 0) is 16.0 Å². The normalized spacial score (nSPS) is 13.1. The number of carbonyl (C=O) groups is 3. The number of carbonyl (C=O) groups excluding carboxylic acids is 1. The summed E-state index contributed by atoms with van der Waals surface area (Å²) in [7, 11) is 0. The predicted octanol–water partition coefficient (Wildman–Crippen LogP) is 1.10. The Hall–Kier alpha value is -2.61. The van der Waals surface area contributed by atoms with E-state index in [4.69, 9.17) is 5.11 Å². The predicted molar refractivity (Wildman–Crippen MR) is 94.9 cm³/mol. The number of nitrogens with one attached hydrogen (secondary N) is 1. The van der Waals surface area contributed by atoms with E-state index in [1.807, 2.05) is 32.9 Å². The van der Waals surface area contributed by atoms with Crippen LogP contribution in [-0.4, -0.2) is 63.4 Å². The quantitative estimate of drug-likeness (QED) is 0.518. The third-order valence-electron chi connectivity index (χ3n) is 3.71. The van der Waals surface area contributed by atoms with Gasteiger partial charge >= 0.3 is 18.0 Å². The average molecular weight is 366 g/mol. The van der Waals surface area contributed by atoms with Crippen LogP contribution in [0.25, 0.3) is 0 Å². The molecule has 0 aliphatic rings. The van der Waals surface area contributed by atoms with E-state index in [2.05, 4.69) is 5.32 Å². The molecule has 0 aliphatic carbocycles. The lowest BCUT2D eigenvalue weighted by molar-refractivity contribution is -0.147. The highest BCUT2D eigenvalue weighted by Crippen LogP contribution is 2.08. The van der Waals surface area contributed by atoms with Crippen LogP contribution in [0.3, 0.4) is 0 Å². The van der Waals surface area contributed by atoms with Crippen molar-refractivity contribution in [1.29, 1.82) is 0 Å². The second-order valence-electron chi connectivity index (χ2n) is 6.68. The van der Waals surface area contributed by atoms with Crippen molar-refractivity contribution >= 4 is 18.0 Å². The number of aryl methyl sites for hydroxylation is 1. The molecule has 0 radical (unpaired) electrons. The van der Waals surface area contributed by atoms with Crippen LogP contribution in [0.2, 0.25) is 0 Å². The highest BCUT2D eigenvalue weighted by molar-refractivity contribution is 5.83. The van der Waals surface area contributed by atoms with Gasteiger partial charge in [-0.15, -0.1) is 0 Å². The molecule has 0 bridgehead atoms. The first-order chi connectivity index (χ1) is 12.1. The first-order valence-electron chi connectivity index (χ1n) is 8.34. The van der Waals surface area contributed by atoms with Crippen molar-refractivity contribution in [1.82, 2.24) is 10.2 Å². The molecule has 2 atom stereocenters. The Morgan fingerprint density at radius 3 is 2.08 bits per heavy atom. The molecule has 1 aromatic carbocycles. The monoisotopic (exact) mass is 366 g/mol. The van der Waals surface area contributed by atoms with Gasteiger partial charge in [0.25, 0.3) is 0 Å². The van der Waals surface area contributed by atoms with Crippen molar-refractivity contribution in [3.05, 3.63) is 35.4 Å². The SMILES string of the molecule is Cc1ccc(C[C@H](NC(=O)N(CC(C)C)C[C@H](O)C(=O)O)C(=O)O)cc1. The van der Waals surface area contributed by atoms with E-state index in [1.165, 1.54) is 0 Å². The summed E-state index contributed by atoms with van der Waals surface area (Å²) in [6, 6.07) is 5.39. The Morgan fingerprint density at radius 2 is 1.62 bits per heavy atom. The first-order valence-corrected chi connectivity index (χ1v) is 8.34. The van der Waals surface area contributed by atoms with Crippen molar-refractivity contribution in [2.24, 2.45) is 5.92 Å². The number of carboxylic acids is 2. The van der Waals surface area contributed by atoms with Gasteiger partial charge in [0.05, 0.1) is 6.54 Å². The summed E-state index contributed by atoms with van der Waals surface area (Å²) in [4.78, 5) is 35.9. The number of aliphatic hydroxyl groups is 1. The van der Waals surface area contributed by atoms with E-state index in [9.17, 15) is 24.6 Å². The van der Waals surface area contributed by atoms with E-state index in [0.29, 0.717) is 0 Å². The minimum atomic E-state index is -1.74. The maximum Gasteiger partial charge on any atom is 0.334 e. The van der Waals surface area contributed by atoms with Gasteiger partial charge < -0.3 is 25.5 Å². The number of aliphatic hydroxyl groups excluding tert-OH is 1. The number of carboxylic acid groups (broad SMARTS) is 2. The van der Waals surface area contributed by atoms with Gasteiger partial charge in [0.15, 0.2) is 6.10 Å². The van der Waals surface area contributed by atoms with Crippen LogP contribution in [0.5, 0.6) is 0 Å². The Kier molecular flexibility index (Phi) is 8.05. The molecule has 0 saturated carbocycles. The zero-order valence-electron chi connectivity index (χ0n) is 15.2. The number of hydrogen-bond donors (Lipinski definition) is 4. The van der Waals surface area contributed by atoms with Crippen LogP contribution < -0.4 is 5.32 Å². The van der Waals surface area contributed by atoms with Crippen molar-refractivity contribution in [2.45, 2.75) is 39.3 Å². The second kappa shape index (κ2) is 9.76. The molecule has 0 aliphatic heterocycles. The van der Waals surface area contributed by atoms with Gasteiger partial charge in [-0.3, -0.25) is 0 Å². The maximum atomic E-state index is 12.4. The molecule has 0 spiro atoms. The largest absolute Gasteiger partial charge is 0.480 e. The minimum absolute atomic E-state index is 0.0159. The number of aliphatic carboxylic acids is 2. The van der Waals surface area contributed by atoms with Crippen LogP contribution >= 0.6 is 0 Å². The third-order valence-corrected chi connectivity index (χ3v) is 3.71. The molecule has 0 unspecified atom stereocenters. The number of rotatable bonds is 9. The Labute approximate surface area is 152 Å².